The Morgan fingerprint density at radius 1 is 1.04 bits per heavy atom. The number of nitrogens with one attached hydrogen (secondary N) is 1. The van der Waals surface area contributed by atoms with Crippen LogP contribution in [0.5, 0.6) is 11.5 Å². The van der Waals surface area contributed by atoms with Gasteiger partial charge in [-0.1, -0.05) is 11.8 Å². The second kappa shape index (κ2) is 14.1. The molecule has 0 radical (unpaired) electrons. The summed E-state index contributed by atoms with van der Waals surface area (Å²) < 4.78 is 86.4. The summed E-state index contributed by atoms with van der Waals surface area (Å²) in [5.74, 6) is -0.543. The molecule has 5 rings (SSSR count). The van der Waals surface area contributed by atoms with E-state index in [4.69, 9.17) is 4.74 Å². The third-order valence-corrected chi connectivity index (χ3v) is 7.78. The first kappa shape index (κ1) is 35.1. The lowest BCUT2D eigenvalue weighted by atomic mass is 10.1. The zero-order valence-corrected chi connectivity index (χ0v) is 26.8. The largest absolute Gasteiger partial charge is 0.573 e. The number of aliphatic imine (C=N–C) groups is 1. The third kappa shape index (κ3) is 9.01. The van der Waals surface area contributed by atoms with Gasteiger partial charge in [-0.2, -0.15) is 18.2 Å². The Bertz CT molecular complexity index is 1880. The second-order valence-corrected chi connectivity index (χ2v) is 11.6. The fourth-order valence-electron chi connectivity index (χ4n) is 4.53. The Balaban J connectivity index is 1.31. The van der Waals surface area contributed by atoms with Gasteiger partial charge >= 0.3 is 18.6 Å². The van der Waals surface area contributed by atoms with E-state index >= 15 is 0 Å². The molecule has 1 N–H and O–H groups in total. The molecule has 1 aliphatic rings. The van der Waals surface area contributed by atoms with Gasteiger partial charge in [0.25, 0.3) is 0 Å². The minimum atomic E-state index is -4.81. The summed E-state index contributed by atoms with van der Waals surface area (Å²) in [6.07, 6.45) is -9.04. The van der Waals surface area contributed by atoms with E-state index in [9.17, 15) is 35.9 Å². The number of hydrogen-bond acceptors (Lipinski definition) is 8. The van der Waals surface area contributed by atoms with Crippen molar-refractivity contribution in [3.05, 3.63) is 72.6 Å². The number of amidine groups is 1. The minimum absolute atomic E-state index is 0.0149. The highest BCUT2D eigenvalue weighted by molar-refractivity contribution is 8.15. The maximum absolute atomic E-state index is 13.0. The predicted octanol–water partition coefficient (Wildman–Crippen LogP) is 7.21. The van der Waals surface area contributed by atoms with Crippen LogP contribution in [0.25, 0.3) is 17.1 Å². The van der Waals surface area contributed by atoms with Crippen molar-refractivity contribution in [2.75, 3.05) is 41.6 Å². The quantitative estimate of drug-likeness (QED) is 0.182. The summed E-state index contributed by atoms with van der Waals surface area (Å²) in [5.41, 5.74) is 2.81. The van der Waals surface area contributed by atoms with Crippen molar-refractivity contribution in [3.8, 4) is 28.6 Å². The van der Waals surface area contributed by atoms with Crippen molar-refractivity contribution in [1.82, 2.24) is 14.8 Å². The molecule has 0 unspecified atom stereocenters. The van der Waals surface area contributed by atoms with Crippen LogP contribution in [0.2, 0.25) is 0 Å². The van der Waals surface area contributed by atoms with E-state index in [1.807, 2.05) is 0 Å². The normalized spacial score (nSPS) is 14.3. The second-order valence-electron chi connectivity index (χ2n) is 10.7. The standard InChI is InChI=1S/C31H27F6N7O4S/c1-18-14-19(27-38-17-43(41-27)20-5-8-22(9-6-20)48-31(35,36)37)4-10-23(18)39-28(46)40-29-44(26(45)16-49-29)24-15-21(42(2)3)7-11-25(24)47-13-12-30(32,33)34/h4-11,14-15,17H,12-13,16H2,1-3H3,(H,39,46). The molecule has 0 aliphatic carbocycles. The van der Waals surface area contributed by atoms with Crippen molar-refractivity contribution in [3.63, 3.8) is 0 Å². The lowest BCUT2D eigenvalue weighted by molar-refractivity contribution is -0.274. The Hall–Kier alpha value is -5.26. The molecular formula is C31H27F6N7O4S. The van der Waals surface area contributed by atoms with Crippen LogP contribution in [0, 0.1) is 6.92 Å². The minimum Gasteiger partial charge on any atom is -0.491 e. The lowest BCUT2D eigenvalue weighted by Crippen LogP contribution is -2.31. The number of rotatable bonds is 9. The van der Waals surface area contributed by atoms with Crippen LogP contribution in [0.1, 0.15) is 12.0 Å². The highest BCUT2D eigenvalue weighted by Gasteiger charge is 2.34. The summed E-state index contributed by atoms with van der Waals surface area (Å²) in [6, 6.07) is 13.9. The SMILES string of the molecule is Cc1cc(-c2ncn(-c3ccc(OC(F)(F)F)cc3)n2)ccc1NC(=O)N=C1SCC(=O)N1c1cc(N(C)C)ccc1OCCC(F)(F)F. The van der Waals surface area contributed by atoms with Gasteiger partial charge in [0.2, 0.25) is 5.91 Å². The topological polar surface area (TPSA) is 114 Å². The molecule has 2 heterocycles. The van der Waals surface area contributed by atoms with Gasteiger partial charge in [0.15, 0.2) is 11.0 Å². The van der Waals surface area contributed by atoms with Crippen molar-refractivity contribution in [2.24, 2.45) is 4.99 Å². The number of urea groups is 1. The molecule has 0 bridgehead atoms. The van der Waals surface area contributed by atoms with E-state index in [-0.39, 0.29) is 28.1 Å². The number of alkyl halides is 6. The van der Waals surface area contributed by atoms with Crippen LogP contribution in [0.3, 0.4) is 0 Å². The first-order valence-corrected chi connectivity index (χ1v) is 15.3. The van der Waals surface area contributed by atoms with Crippen LogP contribution in [0.15, 0.2) is 72.0 Å². The number of aromatic nitrogens is 3. The number of carbonyl (C=O) groups is 2. The number of aryl methyl sites for hydroxylation is 1. The van der Waals surface area contributed by atoms with E-state index in [1.54, 1.807) is 56.3 Å². The summed E-state index contributed by atoms with van der Waals surface area (Å²) >= 11 is 0.991. The first-order chi connectivity index (χ1) is 23.1. The fraction of sp³-hybridized carbons (Fsp3) is 0.258. The number of thioether (sulfide) groups is 1. The number of hydrogen-bond donors (Lipinski definition) is 1. The number of benzene rings is 3. The highest BCUT2D eigenvalue weighted by Crippen LogP contribution is 2.38. The molecule has 1 aliphatic heterocycles. The van der Waals surface area contributed by atoms with Crippen LogP contribution < -0.4 is 24.6 Å². The summed E-state index contributed by atoms with van der Waals surface area (Å²) in [7, 11) is 3.50. The first-order valence-electron chi connectivity index (χ1n) is 14.3. The van der Waals surface area contributed by atoms with Crippen molar-refractivity contribution in [1.29, 1.82) is 0 Å². The molecule has 1 fully saturated rings. The van der Waals surface area contributed by atoms with E-state index in [0.717, 1.165) is 28.8 Å². The molecule has 3 aromatic carbocycles. The molecule has 1 aromatic heterocycles. The van der Waals surface area contributed by atoms with Gasteiger partial charge in [0.1, 0.15) is 17.8 Å². The smallest absolute Gasteiger partial charge is 0.491 e. The van der Waals surface area contributed by atoms with Gasteiger partial charge in [-0.15, -0.1) is 18.3 Å². The fourth-order valence-corrected chi connectivity index (χ4v) is 5.39. The maximum Gasteiger partial charge on any atom is 0.573 e. The van der Waals surface area contributed by atoms with Crippen LogP contribution in [-0.2, 0) is 4.79 Å². The summed E-state index contributed by atoms with van der Waals surface area (Å²) in [4.78, 5) is 37.2. The van der Waals surface area contributed by atoms with Crippen molar-refractivity contribution >= 4 is 45.9 Å². The van der Waals surface area contributed by atoms with E-state index < -0.39 is 37.5 Å². The highest BCUT2D eigenvalue weighted by atomic mass is 32.2. The lowest BCUT2D eigenvalue weighted by Gasteiger charge is -2.23. The summed E-state index contributed by atoms with van der Waals surface area (Å²) in [5, 5.41) is 7.06. The Labute approximate surface area is 279 Å². The Morgan fingerprint density at radius 3 is 2.43 bits per heavy atom. The predicted molar refractivity (Wildman–Crippen MR) is 172 cm³/mol. The monoisotopic (exact) mass is 707 g/mol. The molecule has 4 aromatic rings. The van der Waals surface area contributed by atoms with Gasteiger partial charge < -0.3 is 19.7 Å². The average molecular weight is 708 g/mol. The van der Waals surface area contributed by atoms with Gasteiger partial charge in [-0.25, -0.2) is 14.5 Å². The molecule has 49 heavy (non-hydrogen) atoms. The number of carbonyl (C=O) groups excluding carboxylic acids is 2. The molecular weight excluding hydrogens is 680 g/mol. The van der Waals surface area contributed by atoms with Crippen LogP contribution >= 0.6 is 11.8 Å². The zero-order valence-electron chi connectivity index (χ0n) is 26.0. The molecule has 0 atom stereocenters. The van der Waals surface area contributed by atoms with Gasteiger partial charge in [0.05, 0.1) is 30.2 Å². The van der Waals surface area contributed by atoms with Gasteiger partial charge in [-0.05, 0) is 73.2 Å². The van der Waals surface area contributed by atoms with Crippen molar-refractivity contribution < 1.29 is 45.4 Å². The van der Waals surface area contributed by atoms with E-state index in [1.165, 1.54) is 29.2 Å². The number of ether oxygens (including phenoxy) is 2. The van der Waals surface area contributed by atoms with Crippen LogP contribution in [0.4, 0.5) is 48.2 Å². The van der Waals surface area contributed by atoms with Crippen LogP contribution in [-0.4, -0.2) is 70.9 Å². The number of anilines is 3. The third-order valence-electron chi connectivity index (χ3n) is 6.86. The Morgan fingerprint density at radius 2 is 1.78 bits per heavy atom. The molecule has 11 nitrogen and oxygen atoms in total. The molecule has 18 heteroatoms. The zero-order chi connectivity index (χ0) is 35.5. The molecule has 1 saturated heterocycles. The van der Waals surface area contributed by atoms with Gasteiger partial charge in [-0.3, -0.25) is 9.69 Å². The number of amides is 3. The Kier molecular flexibility index (Phi) is 10.1. The molecule has 258 valence electrons. The maximum atomic E-state index is 13.0. The molecule has 0 saturated carbocycles. The summed E-state index contributed by atoms with van der Waals surface area (Å²) in [6.45, 7) is 1.05. The van der Waals surface area contributed by atoms with Gasteiger partial charge in [0, 0.05) is 31.0 Å². The average Bonchev–Trinajstić information content (AvgIpc) is 3.64. The number of nitrogens with zero attached hydrogens (tertiary/aromatic N) is 6. The molecule has 0 spiro atoms. The van der Waals surface area contributed by atoms with Crippen molar-refractivity contribution in [2.45, 2.75) is 25.9 Å². The van der Waals surface area contributed by atoms with E-state index in [0.29, 0.717) is 34.0 Å². The molecule has 3 amide bonds. The van der Waals surface area contributed by atoms with E-state index in [2.05, 4.69) is 25.1 Å². The number of halogens is 6.